The summed E-state index contributed by atoms with van der Waals surface area (Å²) in [6, 6.07) is 4.92. The minimum Gasteiger partial charge on any atom is -0.352 e. The normalized spacial score (nSPS) is 22.3. The largest absolute Gasteiger partial charge is 0.416 e. The van der Waals surface area contributed by atoms with Crippen LogP contribution in [0.5, 0.6) is 0 Å². The fourth-order valence-electron chi connectivity index (χ4n) is 3.32. The molecule has 1 unspecified atom stereocenters. The first kappa shape index (κ1) is 18.1. The van der Waals surface area contributed by atoms with Crippen LogP contribution in [0.3, 0.4) is 0 Å². The van der Waals surface area contributed by atoms with Crippen LogP contribution < -0.4 is 10.6 Å². The molecule has 23 heavy (non-hydrogen) atoms. The summed E-state index contributed by atoms with van der Waals surface area (Å²) in [6.45, 7) is 2.20. The molecule has 0 bridgehead atoms. The van der Waals surface area contributed by atoms with Crippen LogP contribution in [0.25, 0.3) is 0 Å². The third-order valence-corrected chi connectivity index (χ3v) is 4.85. The number of rotatable bonds is 3. The number of halogens is 4. The molecular weight excluding hydrogens is 329 g/mol. The van der Waals surface area contributed by atoms with E-state index in [1.165, 1.54) is 12.1 Å². The van der Waals surface area contributed by atoms with Gasteiger partial charge in [0.1, 0.15) is 0 Å². The fourth-order valence-corrected chi connectivity index (χ4v) is 3.32. The Kier molecular flexibility index (Phi) is 5.26. The zero-order chi connectivity index (χ0) is 15.8. The number of carbonyl (C=O) groups is 1. The van der Waals surface area contributed by atoms with E-state index in [1.807, 2.05) is 0 Å². The molecule has 2 N–H and O–H groups in total. The standard InChI is InChI=1S/C16H19F3N2O.ClH/c17-16(18,19)12-3-1-11(2-4-12)10-21-14(22)13-9-15(13)5-7-20-8-6-15;/h1-4,13,20H,5-10H2,(H,21,22);1H. The third-order valence-electron chi connectivity index (χ3n) is 4.85. The average molecular weight is 349 g/mol. The predicted octanol–water partition coefficient (Wildman–Crippen LogP) is 3.13. The van der Waals surface area contributed by atoms with Crippen molar-refractivity contribution >= 4 is 18.3 Å². The molecule has 1 aromatic carbocycles. The summed E-state index contributed by atoms with van der Waals surface area (Å²) in [7, 11) is 0. The highest BCUT2D eigenvalue weighted by atomic mass is 35.5. The van der Waals surface area contributed by atoms with Crippen molar-refractivity contribution in [3.8, 4) is 0 Å². The Morgan fingerprint density at radius 2 is 1.83 bits per heavy atom. The smallest absolute Gasteiger partial charge is 0.352 e. The van der Waals surface area contributed by atoms with Gasteiger partial charge in [0.2, 0.25) is 5.91 Å². The molecule has 1 amide bonds. The maximum Gasteiger partial charge on any atom is 0.416 e. The first-order chi connectivity index (χ1) is 10.4. The Morgan fingerprint density at radius 1 is 1.22 bits per heavy atom. The van der Waals surface area contributed by atoms with E-state index in [0.717, 1.165) is 44.5 Å². The lowest BCUT2D eigenvalue weighted by atomic mass is 9.92. The molecule has 128 valence electrons. The molecule has 0 aromatic heterocycles. The molecule has 2 aliphatic rings. The molecule has 3 nitrogen and oxygen atoms in total. The lowest BCUT2D eigenvalue weighted by Crippen LogP contribution is -2.33. The van der Waals surface area contributed by atoms with E-state index >= 15 is 0 Å². The first-order valence-corrected chi connectivity index (χ1v) is 7.55. The molecular formula is C16H20ClF3N2O. The maximum absolute atomic E-state index is 12.5. The van der Waals surface area contributed by atoms with E-state index in [9.17, 15) is 18.0 Å². The lowest BCUT2D eigenvalue weighted by Gasteiger charge is -2.23. The number of amides is 1. The van der Waals surface area contributed by atoms with Crippen molar-refractivity contribution in [3.63, 3.8) is 0 Å². The summed E-state index contributed by atoms with van der Waals surface area (Å²) in [5.41, 5.74) is 0.190. The van der Waals surface area contributed by atoms with Crippen molar-refractivity contribution in [2.24, 2.45) is 11.3 Å². The minimum absolute atomic E-state index is 0. The van der Waals surface area contributed by atoms with Crippen molar-refractivity contribution < 1.29 is 18.0 Å². The zero-order valence-electron chi connectivity index (χ0n) is 12.6. The topological polar surface area (TPSA) is 41.1 Å². The van der Waals surface area contributed by atoms with Crippen LogP contribution in [0.2, 0.25) is 0 Å². The van der Waals surface area contributed by atoms with Gasteiger partial charge in [-0.15, -0.1) is 12.4 Å². The van der Waals surface area contributed by atoms with Crippen molar-refractivity contribution in [1.82, 2.24) is 10.6 Å². The summed E-state index contributed by atoms with van der Waals surface area (Å²) >= 11 is 0. The summed E-state index contributed by atoms with van der Waals surface area (Å²) in [5.74, 6) is 0.103. The number of nitrogens with one attached hydrogen (secondary N) is 2. The molecule has 3 rings (SSSR count). The average Bonchev–Trinajstić information content (AvgIpc) is 3.18. The van der Waals surface area contributed by atoms with Gasteiger partial charge in [-0.3, -0.25) is 4.79 Å². The van der Waals surface area contributed by atoms with Gasteiger partial charge < -0.3 is 10.6 Å². The summed E-state index contributed by atoms with van der Waals surface area (Å²) in [5, 5.41) is 6.14. The van der Waals surface area contributed by atoms with E-state index in [1.54, 1.807) is 0 Å². The number of hydrogen-bond acceptors (Lipinski definition) is 2. The molecule has 1 aliphatic carbocycles. The number of carbonyl (C=O) groups excluding carboxylic acids is 1. The molecule has 2 fully saturated rings. The van der Waals surface area contributed by atoms with Crippen LogP contribution in [0.15, 0.2) is 24.3 Å². The number of alkyl halides is 3. The van der Waals surface area contributed by atoms with Crippen molar-refractivity contribution in [2.75, 3.05) is 13.1 Å². The summed E-state index contributed by atoms with van der Waals surface area (Å²) in [4.78, 5) is 12.2. The molecule has 7 heteroatoms. The molecule has 1 atom stereocenters. The Balaban J connectivity index is 0.00000192. The summed E-state index contributed by atoms with van der Waals surface area (Å²) < 4.78 is 37.4. The van der Waals surface area contributed by atoms with E-state index in [0.29, 0.717) is 5.56 Å². The number of benzene rings is 1. The highest BCUT2D eigenvalue weighted by Gasteiger charge is 2.57. The first-order valence-electron chi connectivity index (χ1n) is 7.55. The minimum atomic E-state index is -4.32. The fraction of sp³-hybridized carbons (Fsp3) is 0.562. The van der Waals surface area contributed by atoms with Gasteiger partial charge in [0.15, 0.2) is 0 Å². The van der Waals surface area contributed by atoms with E-state index < -0.39 is 11.7 Å². The third kappa shape index (κ3) is 3.98. The van der Waals surface area contributed by atoms with Crippen LogP contribution in [-0.2, 0) is 17.5 Å². The van der Waals surface area contributed by atoms with Crippen LogP contribution in [0, 0.1) is 11.3 Å². The van der Waals surface area contributed by atoms with Crippen molar-refractivity contribution in [1.29, 1.82) is 0 Å². The van der Waals surface area contributed by atoms with E-state index in [2.05, 4.69) is 10.6 Å². The Morgan fingerprint density at radius 3 is 2.39 bits per heavy atom. The van der Waals surface area contributed by atoms with Crippen molar-refractivity contribution in [2.45, 2.75) is 32.0 Å². The molecule has 0 radical (unpaired) electrons. The predicted molar refractivity (Wildman–Crippen MR) is 83.2 cm³/mol. The van der Waals surface area contributed by atoms with Gasteiger partial charge in [0, 0.05) is 12.5 Å². The van der Waals surface area contributed by atoms with E-state index in [4.69, 9.17) is 0 Å². The Bertz CT molecular complexity index is 553. The van der Waals surface area contributed by atoms with Crippen LogP contribution >= 0.6 is 12.4 Å². The maximum atomic E-state index is 12.5. The molecule has 1 saturated carbocycles. The summed E-state index contributed by atoms with van der Waals surface area (Å²) in [6.07, 6.45) is -1.32. The molecule has 1 spiro atoms. The van der Waals surface area contributed by atoms with Crippen molar-refractivity contribution in [3.05, 3.63) is 35.4 Å². The molecule has 1 heterocycles. The highest BCUT2D eigenvalue weighted by Crippen LogP contribution is 2.58. The molecule has 1 aliphatic heterocycles. The van der Waals surface area contributed by atoms with Crippen LogP contribution in [0.1, 0.15) is 30.4 Å². The van der Waals surface area contributed by atoms with Gasteiger partial charge in [-0.1, -0.05) is 12.1 Å². The highest BCUT2D eigenvalue weighted by molar-refractivity contribution is 5.85. The second-order valence-corrected chi connectivity index (χ2v) is 6.28. The van der Waals surface area contributed by atoms with Gasteiger partial charge >= 0.3 is 6.18 Å². The Hall–Kier alpha value is -1.27. The van der Waals surface area contributed by atoms with Gasteiger partial charge in [-0.05, 0) is 55.5 Å². The van der Waals surface area contributed by atoms with Gasteiger partial charge in [-0.25, -0.2) is 0 Å². The second kappa shape index (κ2) is 6.69. The number of piperidine rings is 1. The van der Waals surface area contributed by atoms with Gasteiger partial charge in [0.25, 0.3) is 0 Å². The molecule has 1 aromatic rings. The zero-order valence-corrected chi connectivity index (χ0v) is 13.4. The SMILES string of the molecule is Cl.O=C(NCc1ccc(C(F)(F)F)cc1)C1CC12CCNCC2. The monoisotopic (exact) mass is 348 g/mol. The second-order valence-electron chi connectivity index (χ2n) is 6.28. The molecule has 1 saturated heterocycles. The Labute approximate surface area is 139 Å². The van der Waals surface area contributed by atoms with Gasteiger partial charge in [0.05, 0.1) is 5.56 Å². The lowest BCUT2D eigenvalue weighted by molar-refractivity contribution is -0.137. The van der Waals surface area contributed by atoms with E-state index in [-0.39, 0.29) is 36.2 Å². The number of hydrogen-bond donors (Lipinski definition) is 2. The van der Waals surface area contributed by atoms with Crippen LogP contribution in [0.4, 0.5) is 13.2 Å². The van der Waals surface area contributed by atoms with Gasteiger partial charge in [-0.2, -0.15) is 13.2 Å². The van der Waals surface area contributed by atoms with Crippen LogP contribution in [-0.4, -0.2) is 19.0 Å². The quantitative estimate of drug-likeness (QED) is 0.881.